The molecular formula is C29H44Cl2N2O5. The van der Waals surface area contributed by atoms with Crippen molar-refractivity contribution < 1.29 is 52.1 Å². The summed E-state index contributed by atoms with van der Waals surface area (Å²) in [5.74, 6) is 4.69. The molecule has 214 valence electrons. The van der Waals surface area contributed by atoms with Gasteiger partial charge in [-0.1, -0.05) is 13.3 Å². The molecule has 5 rings (SSSR count). The van der Waals surface area contributed by atoms with Crippen molar-refractivity contribution in [3.63, 3.8) is 0 Å². The second kappa shape index (κ2) is 13.9. The minimum atomic E-state index is 0. The van der Waals surface area contributed by atoms with Gasteiger partial charge in [-0.3, -0.25) is 4.90 Å². The van der Waals surface area contributed by atoms with Crippen molar-refractivity contribution in [1.82, 2.24) is 10.2 Å². The first kappa shape index (κ1) is 32.3. The molecule has 0 bridgehead atoms. The van der Waals surface area contributed by atoms with Gasteiger partial charge in [0, 0.05) is 25.2 Å². The second-order valence-electron chi connectivity index (χ2n) is 10.2. The van der Waals surface area contributed by atoms with Crippen molar-refractivity contribution in [1.29, 1.82) is 0 Å². The van der Waals surface area contributed by atoms with Gasteiger partial charge in [0.15, 0.2) is 23.0 Å². The Morgan fingerprint density at radius 2 is 1.37 bits per heavy atom. The Labute approximate surface area is 242 Å². The van der Waals surface area contributed by atoms with E-state index in [0.29, 0.717) is 23.9 Å². The van der Waals surface area contributed by atoms with Gasteiger partial charge >= 0.3 is 2.85 Å². The van der Waals surface area contributed by atoms with Crippen LogP contribution >= 0.6 is 0 Å². The fourth-order valence-corrected chi connectivity index (χ4v) is 6.74. The Balaban J connectivity index is 0.00000304. The van der Waals surface area contributed by atoms with Crippen LogP contribution < -0.4 is 49.1 Å². The zero-order valence-electron chi connectivity index (χ0n) is 25.1. The molecule has 1 fully saturated rings. The molecule has 3 aliphatic rings. The van der Waals surface area contributed by atoms with Crippen LogP contribution in [0.3, 0.4) is 0 Å². The highest BCUT2D eigenvalue weighted by molar-refractivity contribution is 5.50. The summed E-state index contributed by atoms with van der Waals surface area (Å²) in [5.41, 5.74) is 5.60. The molecule has 3 heterocycles. The molecule has 7 nitrogen and oxygen atoms in total. The number of fused-ring (bicyclic) bond motifs is 4. The third-order valence-corrected chi connectivity index (χ3v) is 8.64. The first-order chi connectivity index (χ1) is 17.1. The van der Waals surface area contributed by atoms with Crippen molar-refractivity contribution in [2.75, 3.05) is 48.1 Å². The largest absolute Gasteiger partial charge is 1.00 e. The van der Waals surface area contributed by atoms with Crippen LogP contribution in [0.25, 0.3) is 0 Å². The summed E-state index contributed by atoms with van der Waals surface area (Å²) < 4.78 is 22.5. The molecule has 38 heavy (non-hydrogen) atoms. The third kappa shape index (κ3) is 5.97. The van der Waals surface area contributed by atoms with Gasteiger partial charge in [0.25, 0.3) is 0 Å². The quantitative estimate of drug-likeness (QED) is 0.429. The molecule has 1 saturated heterocycles. The van der Waals surface area contributed by atoms with E-state index in [1.807, 2.05) is 0 Å². The van der Waals surface area contributed by atoms with Gasteiger partial charge in [-0.05, 0) is 90.6 Å². The Kier molecular flexibility index (Phi) is 11.9. The summed E-state index contributed by atoms with van der Waals surface area (Å²) in [4.78, 5) is 2.72. The molecule has 4 atom stereocenters. The highest BCUT2D eigenvalue weighted by atomic mass is 35.5. The number of hydrogen-bond acceptors (Lipinski definition) is 6. The SMILES string of the molecule is CCC1CN2CCc3cc(OC)c(OC)cc3C2CC1CC1NCCc2cc(OC)c(OC)cc21.O.[Cl-].[Cl-].[H+].[H+]. The first-order valence-corrected chi connectivity index (χ1v) is 13.1. The molecule has 0 amide bonds. The van der Waals surface area contributed by atoms with Crippen LogP contribution in [0.4, 0.5) is 0 Å². The first-order valence-electron chi connectivity index (χ1n) is 13.1. The Morgan fingerprint density at radius 1 is 0.816 bits per heavy atom. The maximum Gasteiger partial charge on any atom is 1.00 e. The average Bonchev–Trinajstić information content (AvgIpc) is 2.91. The van der Waals surface area contributed by atoms with Crippen LogP contribution in [0.5, 0.6) is 23.0 Å². The van der Waals surface area contributed by atoms with Crippen LogP contribution in [-0.4, -0.2) is 58.4 Å². The number of rotatable bonds is 7. The molecule has 2 aromatic rings. The number of benzene rings is 2. The molecule has 4 unspecified atom stereocenters. The molecule has 3 aliphatic heterocycles. The van der Waals surface area contributed by atoms with Crippen molar-refractivity contribution in [2.24, 2.45) is 11.8 Å². The van der Waals surface area contributed by atoms with Gasteiger partial charge in [-0.25, -0.2) is 0 Å². The van der Waals surface area contributed by atoms with Crippen molar-refractivity contribution in [3.8, 4) is 23.0 Å². The Hall–Kier alpha value is -1.90. The number of piperidine rings is 1. The average molecular weight is 572 g/mol. The fraction of sp³-hybridized carbons (Fsp3) is 0.586. The molecule has 0 radical (unpaired) electrons. The molecule has 0 aliphatic carbocycles. The summed E-state index contributed by atoms with van der Waals surface area (Å²) in [6.07, 6.45) is 5.65. The zero-order chi connectivity index (χ0) is 24.5. The second-order valence-corrected chi connectivity index (χ2v) is 10.2. The van der Waals surface area contributed by atoms with E-state index in [4.69, 9.17) is 18.9 Å². The van der Waals surface area contributed by atoms with E-state index < -0.39 is 0 Å². The predicted molar refractivity (Wildman–Crippen MR) is 144 cm³/mol. The molecule has 0 aromatic heterocycles. The van der Waals surface area contributed by atoms with Gasteiger partial charge in [0.2, 0.25) is 0 Å². The lowest BCUT2D eigenvalue weighted by molar-refractivity contribution is -0.00100. The van der Waals surface area contributed by atoms with Crippen molar-refractivity contribution >= 4 is 0 Å². The third-order valence-electron chi connectivity index (χ3n) is 8.64. The number of ether oxygens (including phenoxy) is 4. The molecule has 9 heteroatoms. The van der Waals surface area contributed by atoms with E-state index in [1.54, 1.807) is 28.4 Å². The Bertz CT molecular complexity index is 1080. The minimum Gasteiger partial charge on any atom is -1.00 e. The van der Waals surface area contributed by atoms with Gasteiger partial charge in [-0.2, -0.15) is 0 Å². The van der Waals surface area contributed by atoms with Crippen molar-refractivity contribution in [3.05, 3.63) is 46.5 Å². The summed E-state index contributed by atoms with van der Waals surface area (Å²) >= 11 is 0. The highest BCUT2D eigenvalue weighted by Gasteiger charge is 2.40. The molecule has 3 N–H and O–H groups in total. The van der Waals surface area contributed by atoms with Crippen LogP contribution in [0, 0.1) is 11.8 Å². The van der Waals surface area contributed by atoms with Gasteiger partial charge < -0.3 is 54.6 Å². The van der Waals surface area contributed by atoms with E-state index in [2.05, 4.69) is 41.4 Å². The normalized spacial score (nSPS) is 23.7. The summed E-state index contributed by atoms with van der Waals surface area (Å²) in [5, 5.41) is 3.83. The van der Waals surface area contributed by atoms with Gasteiger partial charge in [0.05, 0.1) is 28.4 Å². The lowest BCUT2D eigenvalue weighted by Crippen LogP contribution is -3.00. The zero-order valence-corrected chi connectivity index (χ0v) is 24.6. The smallest absolute Gasteiger partial charge is 1.00 e. The van der Waals surface area contributed by atoms with Crippen LogP contribution in [0.1, 0.15) is 63.4 Å². The topological polar surface area (TPSA) is 83.7 Å². The number of halogens is 2. The lowest BCUT2D eigenvalue weighted by Gasteiger charge is -2.48. The summed E-state index contributed by atoms with van der Waals surface area (Å²) in [7, 11) is 6.90. The van der Waals surface area contributed by atoms with E-state index in [0.717, 1.165) is 55.4 Å². The molecule has 0 spiro atoms. The Morgan fingerprint density at radius 3 is 1.95 bits per heavy atom. The summed E-state index contributed by atoms with van der Waals surface area (Å²) in [6, 6.07) is 9.61. The standard InChI is InChI=1S/C29H40N2O4.2ClH.H2O/c1-6-18-17-31-10-8-20-14-27(33-3)29(35-5)16-23(20)25(31)12-21(18)11-24-22-15-28(34-4)26(32-2)13-19(22)7-9-30-24;;;/h13-16,18,21,24-25,30H,6-12,17H2,1-5H3;2*1H;1H2. The van der Waals surface area contributed by atoms with Gasteiger partial charge in [0.1, 0.15) is 0 Å². The number of nitrogens with one attached hydrogen (secondary N) is 1. The molecular weight excluding hydrogens is 527 g/mol. The predicted octanol–water partition coefficient (Wildman–Crippen LogP) is -1.65. The van der Waals surface area contributed by atoms with Crippen molar-refractivity contribution in [2.45, 2.75) is 51.1 Å². The monoisotopic (exact) mass is 570 g/mol. The maximum atomic E-state index is 5.68. The van der Waals surface area contributed by atoms with E-state index in [1.165, 1.54) is 41.6 Å². The maximum absolute atomic E-state index is 5.68. The number of nitrogens with zero attached hydrogens (tertiary/aromatic N) is 1. The van der Waals surface area contributed by atoms with E-state index in [9.17, 15) is 0 Å². The van der Waals surface area contributed by atoms with E-state index in [-0.39, 0.29) is 33.1 Å². The van der Waals surface area contributed by atoms with Crippen LogP contribution in [-0.2, 0) is 12.8 Å². The number of methoxy groups -OCH3 is 4. The summed E-state index contributed by atoms with van der Waals surface area (Å²) in [6.45, 7) is 5.66. The highest BCUT2D eigenvalue weighted by Crippen LogP contribution is 2.48. The van der Waals surface area contributed by atoms with Crippen LogP contribution in [0.2, 0.25) is 0 Å². The minimum absolute atomic E-state index is 0. The van der Waals surface area contributed by atoms with Gasteiger partial charge in [-0.15, -0.1) is 0 Å². The van der Waals surface area contributed by atoms with Crippen LogP contribution in [0.15, 0.2) is 24.3 Å². The fourth-order valence-electron chi connectivity index (χ4n) is 6.74. The molecule has 2 aromatic carbocycles. The molecule has 0 saturated carbocycles. The van der Waals surface area contributed by atoms with E-state index >= 15 is 0 Å². The number of hydrogen-bond donors (Lipinski definition) is 1. The lowest BCUT2D eigenvalue weighted by atomic mass is 9.72.